The van der Waals surface area contributed by atoms with Crippen LogP contribution < -0.4 is 9.80 Å². The first-order valence-corrected chi connectivity index (χ1v) is 21.5. The highest BCUT2D eigenvalue weighted by Crippen LogP contribution is 2.55. The molecular formula is C56H58N2. The van der Waals surface area contributed by atoms with Crippen LogP contribution in [-0.4, -0.2) is 0 Å². The summed E-state index contributed by atoms with van der Waals surface area (Å²) in [5.41, 5.74) is 21.0. The molecule has 0 bridgehead atoms. The normalized spacial score (nSPS) is 12.6. The fourth-order valence-electron chi connectivity index (χ4n) is 9.03. The zero-order chi connectivity index (χ0) is 40.4. The Bertz CT molecular complexity index is 2340. The second-order valence-corrected chi connectivity index (χ2v) is 16.8. The average Bonchev–Trinajstić information content (AvgIpc) is 3.49. The fourth-order valence-corrected chi connectivity index (χ4v) is 9.03. The van der Waals surface area contributed by atoms with Crippen LogP contribution >= 0.6 is 0 Å². The molecule has 7 aromatic carbocycles. The second-order valence-electron chi connectivity index (χ2n) is 16.8. The van der Waals surface area contributed by atoms with Crippen molar-refractivity contribution < 1.29 is 0 Å². The van der Waals surface area contributed by atoms with Crippen molar-refractivity contribution in [3.05, 3.63) is 202 Å². The summed E-state index contributed by atoms with van der Waals surface area (Å²) in [6.07, 6.45) is 7.04. The molecular weight excluding hydrogens is 701 g/mol. The zero-order valence-electron chi connectivity index (χ0n) is 35.6. The molecule has 0 fully saturated rings. The first-order valence-electron chi connectivity index (χ1n) is 21.5. The Morgan fingerprint density at radius 2 is 0.724 bits per heavy atom. The molecule has 8 rings (SSSR count). The van der Waals surface area contributed by atoms with Gasteiger partial charge in [0.2, 0.25) is 0 Å². The highest BCUT2D eigenvalue weighted by Gasteiger charge is 2.42. The minimum atomic E-state index is -0.403. The third-order valence-corrected chi connectivity index (χ3v) is 12.3. The SMILES string of the molecule is CCCCc1ccc(N(c2ccc(C)cc2)c2ccc3c(c2)C(C)(c2cc(C)cc(C)c2)c2cc(N(c4ccc(C)cc4)c4ccc(CCCC)cc4)ccc2-3)cc1. The van der Waals surface area contributed by atoms with E-state index in [1.54, 1.807) is 0 Å². The monoisotopic (exact) mass is 758 g/mol. The summed E-state index contributed by atoms with van der Waals surface area (Å²) in [6.45, 7) is 15.8. The van der Waals surface area contributed by atoms with E-state index in [1.165, 1.54) is 98.3 Å². The van der Waals surface area contributed by atoms with E-state index in [1.807, 2.05) is 0 Å². The smallest absolute Gasteiger partial charge is 0.0465 e. The van der Waals surface area contributed by atoms with Crippen molar-refractivity contribution in [2.24, 2.45) is 0 Å². The van der Waals surface area contributed by atoms with E-state index in [2.05, 4.69) is 210 Å². The number of hydrogen-bond acceptors (Lipinski definition) is 2. The molecule has 2 nitrogen and oxygen atoms in total. The van der Waals surface area contributed by atoms with Crippen LogP contribution in [0.25, 0.3) is 11.1 Å². The lowest BCUT2D eigenvalue weighted by atomic mass is 9.73. The maximum Gasteiger partial charge on any atom is 0.0465 e. The van der Waals surface area contributed by atoms with Crippen LogP contribution in [0.5, 0.6) is 0 Å². The Hall–Kier alpha value is -5.86. The van der Waals surface area contributed by atoms with Crippen molar-refractivity contribution in [3.8, 4) is 11.1 Å². The van der Waals surface area contributed by atoms with Gasteiger partial charge in [-0.15, -0.1) is 0 Å². The molecule has 1 aliphatic carbocycles. The average molecular weight is 759 g/mol. The molecule has 0 aromatic heterocycles. The topological polar surface area (TPSA) is 6.48 Å². The quantitative estimate of drug-likeness (QED) is 0.116. The van der Waals surface area contributed by atoms with Gasteiger partial charge in [0.1, 0.15) is 0 Å². The van der Waals surface area contributed by atoms with Gasteiger partial charge in [0.25, 0.3) is 0 Å². The standard InChI is InChI=1S/C56H58N2/c1-8-10-12-43-18-26-48(27-19-43)57(46-22-14-39(3)15-23-46)50-30-32-52-53-33-31-51(38-55(53)56(7,54(52)37-50)45-35-41(5)34-42(6)36-45)58(47-24-16-40(4)17-25-47)49-28-20-44(21-29-49)13-11-9-2/h14-38H,8-13H2,1-7H3. The van der Waals surface area contributed by atoms with Gasteiger partial charge in [0, 0.05) is 39.5 Å². The number of aryl methyl sites for hydroxylation is 6. The van der Waals surface area contributed by atoms with Crippen LogP contribution in [-0.2, 0) is 18.3 Å². The first kappa shape index (κ1) is 39.0. The Morgan fingerprint density at radius 3 is 1.09 bits per heavy atom. The van der Waals surface area contributed by atoms with Crippen LogP contribution in [0.2, 0.25) is 0 Å². The van der Waals surface area contributed by atoms with E-state index >= 15 is 0 Å². The van der Waals surface area contributed by atoms with E-state index in [-0.39, 0.29) is 0 Å². The van der Waals surface area contributed by atoms with E-state index in [0.29, 0.717) is 0 Å². The molecule has 0 atom stereocenters. The molecule has 0 saturated heterocycles. The van der Waals surface area contributed by atoms with Gasteiger partial charge < -0.3 is 9.80 Å². The van der Waals surface area contributed by atoms with Gasteiger partial charge in [-0.1, -0.05) is 128 Å². The molecule has 0 saturated carbocycles. The van der Waals surface area contributed by atoms with Crippen LogP contribution in [0.15, 0.2) is 152 Å². The first-order chi connectivity index (χ1) is 28.2. The van der Waals surface area contributed by atoms with Crippen molar-refractivity contribution in [2.75, 3.05) is 9.80 Å². The molecule has 0 N–H and O–H groups in total. The van der Waals surface area contributed by atoms with E-state index in [9.17, 15) is 0 Å². The maximum absolute atomic E-state index is 2.48. The predicted molar refractivity (Wildman–Crippen MR) is 249 cm³/mol. The fraction of sp³-hybridized carbons (Fsp3) is 0.250. The summed E-state index contributed by atoms with van der Waals surface area (Å²) in [6, 6.07) is 57.9. The Kier molecular flexibility index (Phi) is 11.1. The highest BCUT2D eigenvalue weighted by molar-refractivity contribution is 5.90. The van der Waals surface area contributed by atoms with Crippen LogP contribution in [0.3, 0.4) is 0 Å². The van der Waals surface area contributed by atoms with Crippen molar-refractivity contribution in [3.63, 3.8) is 0 Å². The third kappa shape index (κ3) is 7.61. The Labute approximate surface area is 347 Å². The molecule has 0 spiro atoms. The minimum Gasteiger partial charge on any atom is -0.310 e. The summed E-state index contributed by atoms with van der Waals surface area (Å²) in [4.78, 5) is 4.87. The zero-order valence-corrected chi connectivity index (χ0v) is 35.6. The molecule has 0 heterocycles. The van der Waals surface area contributed by atoms with Gasteiger partial charge in [-0.3, -0.25) is 0 Å². The molecule has 0 aliphatic heterocycles. The maximum atomic E-state index is 2.48. The van der Waals surface area contributed by atoms with E-state index in [4.69, 9.17) is 0 Å². The molecule has 1 aliphatic rings. The number of hydrogen-bond donors (Lipinski definition) is 0. The minimum absolute atomic E-state index is 0.403. The molecule has 292 valence electrons. The number of rotatable bonds is 13. The Morgan fingerprint density at radius 1 is 0.379 bits per heavy atom. The predicted octanol–water partition coefficient (Wildman–Crippen LogP) is 15.9. The van der Waals surface area contributed by atoms with Gasteiger partial charge in [-0.2, -0.15) is 0 Å². The van der Waals surface area contributed by atoms with Crippen molar-refractivity contribution in [2.45, 2.75) is 92.4 Å². The largest absolute Gasteiger partial charge is 0.310 e. The third-order valence-electron chi connectivity index (χ3n) is 12.3. The van der Waals surface area contributed by atoms with Gasteiger partial charge in [0.15, 0.2) is 0 Å². The van der Waals surface area contributed by atoms with Gasteiger partial charge in [0.05, 0.1) is 0 Å². The van der Waals surface area contributed by atoms with Crippen molar-refractivity contribution in [1.29, 1.82) is 0 Å². The van der Waals surface area contributed by atoms with E-state index in [0.717, 1.165) is 35.6 Å². The Balaban J connectivity index is 1.30. The molecule has 7 aromatic rings. The van der Waals surface area contributed by atoms with Crippen LogP contribution in [0.4, 0.5) is 34.1 Å². The summed E-state index contributed by atoms with van der Waals surface area (Å²) < 4.78 is 0. The molecule has 0 radical (unpaired) electrons. The lowest BCUT2D eigenvalue weighted by molar-refractivity contribution is 0.712. The summed E-state index contributed by atoms with van der Waals surface area (Å²) in [5.74, 6) is 0. The number of anilines is 6. The number of benzene rings is 7. The second kappa shape index (κ2) is 16.5. The lowest BCUT2D eigenvalue weighted by Crippen LogP contribution is -2.24. The van der Waals surface area contributed by atoms with E-state index < -0.39 is 5.41 Å². The summed E-state index contributed by atoms with van der Waals surface area (Å²) in [5, 5.41) is 0. The summed E-state index contributed by atoms with van der Waals surface area (Å²) in [7, 11) is 0. The lowest BCUT2D eigenvalue weighted by Gasteiger charge is -2.32. The number of fused-ring (bicyclic) bond motifs is 3. The van der Waals surface area contributed by atoms with Gasteiger partial charge in [-0.25, -0.2) is 0 Å². The molecule has 0 unspecified atom stereocenters. The number of nitrogens with zero attached hydrogens (tertiary/aromatic N) is 2. The molecule has 0 amide bonds. The van der Waals surface area contributed by atoms with Gasteiger partial charge >= 0.3 is 0 Å². The van der Waals surface area contributed by atoms with Crippen molar-refractivity contribution in [1.82, 2.24) is 0 Å². The van der Waals surface area contributed by atoms with Crippen molar-refractivity contribution >= 4 is 34.1 Å². The van der Waals surface area contributed by atoms with Crippen LogP contribution in [0.1, 0.15) is 96.5 Å². The highest BCUT2D eigenvalue weighted by atomic mass is 15.1. The molecule has 2 heteroatoms. The van der Waals surface area contributed by atoms with Crippen LogP contribution in [0, 0.1) is 27.7 Å². The van der Waals surface area contributed by atoms with Gasteiger partial charge in [-0.05, 0) is 172 Å². The summed E-state index contributed by atoms with van der Waals surface area (Å²) >= 11 is 0. The molecule has 58 heavy (non-hydrogen) atoms. The number of unbranched alkanes of at least 4 members (excludes halogenated alkanes) is 2.